The number of ether oxygens (including phenoxy) is 1. The van der Waals surface area contributed by atoms with Gasteiger partial charge in [-0.2, -0.15) is 5.10 Å². The van der Waals surface area contributed by atoms with Crippen LogP contribution in [0.4, 0.5) is 18.9 Å². The summed E-state index contributed by atoms with van der Waals surface area (Å²) in [4.78, 5) is 0.0764. The summed E-state index contributed by atoms with van der Waals surface area (Å²) in [5, 5.41) is 4.58. The minimum Gasteiger partial charge on any atom is -0.406 e. The predicted octanol–water partition coefficient (Wildman–Crippen LogP) is 5.00. The van der Waals surface area contributed by atoms with Crippen molar-refractivity contribution in [3.8, 4) is 5.75 Å². The fourth-order valence-electron chi connectivity index (χ4n) is 3.38. The van der Waals surface area contributed by atoms with E-state index in [1.54, 1.807) is 10.9 Å². The van der Waals surface area contributed by atoms with E-state index in [2.05, 4.69) is 14.6 Å². The van der Waals surface area contributed by atoms with E-state index in [1.165, 1.54) is 12.1 Å². The lowest BCUT2D eigenvalue weighted by atomic mass is 9.92. The van der Waals surface area contributed by atoms with Crippen LogP contribution in [0.5, 0.6) is 5.75 Å². The molecule has 1 aliphatic rings. The fraction of sp³-hybridized carbons (Fsp3) is 0.526. The van der Waals surface area contributed by atoms with Crippen LogP contribution in [-0.4, -0.2) is 24.6 Å². The lowest BCUT2D eigenvalue weighted by molar-refractivity contribution is -0.274. The zero-order valence-corrected chi connectivity index (χ0v) is 17.3. The van der Waals surface area contributed by atoms with Crippen molar-refractivity contribution >= 4 is 15.7 Å². The number of anilines is 1. The van der Waals surface area contributed by atoms with Crippen LogP contribution in [0.15, 0.2) is 35.4 Å². The highest BCUT2D eigenvalue weighted by Gasteiger charge is 2.33. The van der Waals surface area contributed by atoms with Crippen molar-refractivity contribution in [3.63, 3.8) is 0 Å². The third-order valence-corrected chi connectivity index (χ3v) is 6.12. The Morgan fingerprint density at radius 1 is 1.10 bits per heavy atom. The van der Waals surface area contributed by atoms with Crippen LogP contribution in [-0.2, 0) is 15.4 Å². The molecule has 29 heavy (non-hydrogen) atoms. The van der Waals surface area contributed by atoms with Gasteiger partial charge in [-0.3, -0.25) is 9.40 Å². The zero-order chi connectivity index (χ0) is 21.4. The minimum atomic E-state index is -4.81. The van der Waals surface area contributed by atoms with Crippen LogP contribution in [0, 0.1) is 0 Å². The number of hydrogen-bond donors (Lipinski definition) is 1. The topological polar surface area (TPSA) is 73.2 Å². The number of sulfonamides is 1. The number of aromatic nitrogens is 2. The molecule has 1 N–H and O–H groups in total. The summed E-state index contributed by atoms with van der Waals surface area (Å²) in [6.07, 6.45) is 0.833. The number of nitrogens with one attached hydrogen (secondary N) is 1. The predicted molar refractivity (Wildman–Crippen MR) is 102 cm³/mol. The smallest absolute Gasteiger partial charge is 0.406 e. The largest absolute Gasteiger partial charge is 0.573 e. The normalized spacial score (nSPS) is 16.2. The summed E-state index contributed by atoms with van der Waals surface area (Å²) < 4.78 is 70.9. The van der Waals surface area contributed by atoms with Gasteiger partial charge in [0.05, 0.1) is 11.7 Å². The van der Waals surface area contributed by atoms with Gasteiger partial charge >= 0.3 is 6.36 Å². The first-order valence-electron chi connectivity index (χ1n) is 9.33. The standard InChI is InChI=1S/C19H24F3N3O3S/c1-18(2,3)17-16(12-25(23-17)14-6-4-5-7-14)29(26,27)24-13-8-10-15(11-9-13)28-19(20,21)22/h8-12,14,24H,4-7H2,1-3H3. The number of alkyl halides is 3. The molecule has 1 aromatic carbocycles. The Bertz CT molecular complexity index is 955. The molecular weight excluding hydrogens is 407 g/mol. The lowest BCUT2D eigenvalue weighted by Crippen LogP contribution is -2.20. The Morgan fingerprint density at radius 2 is 1.69 bits per heavy atom. The summed E-state index contributed by atoms with van der Waals surface area (Å²) in [6, 6.07) is 4.72. The molecule has 0 amide bonds. The molecular formula is C19H24F3N3O3S. The van der Waals surface area contributed by atoms with E-state index in [4.69, 9.17) is 0 Å². The highest BCUT2D eigenvalue weighted by atomic mass is 32.2. The Hall–Kier alpha value is -2.23. The lowest BCUT2D eigenvalue weighted by Gasteiger charge is -2.18. The molecule has 1 aromatic heterocycles. The third kappa shape index (κ3) is 5.23. The molecule has 3 rings (SSSR count). The summed E-state index contributed by atoms with van der Waals surface area (Å²) in [7, 11) is -3.98. The van der Waals surface area contributed by atoms with Crippen LogP contribution in [0.25, 0.3) is 0 Å². The van der Waals surface area contributed by atoms with Gasteiger partial charge < -0.3 is 4.74 Å². The second-order valence-electron chi connectivity index (χ2n) is 8.19. The summed E-state index contributed by atoms with van der Waals surface area (Å²) in [6.45, 7) is 5.66. The molecule has 2 aromatic rings. The van der Waals surface area contributed by atoms with Crippen LogP contribution >= 0.6 is 0 Å². The van der Waals surface area contributed by atoms with Crippen LogP contribution in [0.2, 0.25) is 0 Å². The minimum absolute atomic E-state index is 0.0764. The first-order chi connectivity index (χ1) is 13.4. The van der Waals surface area contributed by atoms with Gasteiger partial charge in [0.25, 0.3) is 10.0 Å². The van der Waals surface area contributed by atoms with Crippen molar-refractivity contribution in [2.45, 2.75) is 69.2 Å². The first kappa shape index (κ1) is 21.5. The molecule has 0 radical (unpaired) electrons. The SMILES string of the molecule is CC(C)(C)c1nn(C2CCCC2)cc1S(=O)(=O)Nc1ccc(OC(F)(F)F)cc1. The second-order valence-corrected chi connectivity index (χ2v) is 9.84. The maximum atomic E-state index is 13.0. The van der Waals surface area contributed by atoms with E-state index in [0.29, 0.717) is 5.69 Å². The van der Waals surface area contributed by atoms with E-state index >= 15 is 0 Å². The number of rotatable bonds is 5. The van der Waals surface area contributed by atoms with Crippen molar-refractivity contribution < 1.29 is 26.3 Å². The average Bonchev–Trinajstić information content (AvgIpc) is 3.24. The fourth-order valence-corrected chi connectivity index (χ4v) is 4.79. The van der Waals surface area contributed by atoms with Gasteiger partial charge in [0.15, 0.2) is 0 Å². The van der Waals surface area contributed by atoms with E-state index in [-0.39, 0.29) is 16.6 Å². The molecule has 160 valence electrons. The van der Waals surface area contributed by atoms with E-state index in [1.807, 2.05) is 20.8 Å². The Morgan fingerprint density at radius 3 is 2.21 bits per heavy atom. The van der Waals surface area contributed by atoms with Gasteiger partial charge in [0.2, 0.25) is 0 Å². The monoisotopic (exact) mass is 431 g/mol. The molecule has 0 saturated heterocycles. The van der Waals surface area contributed by atoms with E-state index < -0.39 is 27.6 Å². The maximum absolute atomic E-state index is 13.0. The molecule has 0 spiro atoms. The molecule has 1 aliphatic carbocycles. The van der Waals surface area contributed by atoms with E-state index in [9.17, 15) is 21.6 Å². The Balaban J connectivity index is 1.88. The molecule has 10 heteroatoms. The molecule has 1 heterocycles. The van der Waals surface area contributed by atoms with Crippen molar-refractivity contribution in [1.29, 1.82) is 0 Å². The molecule has 0 aliphatic heterocycles. The second kappa shape index (κ2) is 7.55. The van der Waals surface area contributed by atoms with Gasteiger partial charge in [-0.05, 0) is 37.1 Å². The van der Waals surface area contributed by atoms with Gasteiger partial charge in [0, 0.05) is 17.3 Å². The Labute approximate surface area is 168 Å². The quantitative estimate of drug-likeness (QED) is 0.724. The number of nitrogens with zero attached hydrogens (tertiary/aromatic N) is 2. The van der Waals surface area contributed by atoms with Crippen LogP contribution in [0.1, 0.15) is 58.2 Å². The average molecular weight is 431 g/mol. The van der Waals surface area contributed by atoms with Crippen molar-refractivity contribution in [2.24, 2.45) is 0 Å². The summed E-state index contributed by atoms with van der Waals surface area (Å²) in [5.41, 5.74) is 0.0835. The number of hydrogen-bond acceptors (Lipinski definition) is 4. The first-order valence-corrected chi connectivity index (χ1v) is 10.8. The highest BCUT2D eigenvalue weighted by molar-refractivity contribution is 7.92. The molecule has 6 nitrogen and oxygen atoms in total. The van der Waals surface area contributed by atoms with Gasteiger partial charge in [-0.15, -0.1) is 13.2 Å². The molecule has 0 atom stereocenters. The summed E-state index contributed by atoms with van der Waals surface area (Å²) >= 11 is 0. The molecule has 1 saturated carbocycles. The third-order valence-electron chi connectivity index (χ3n) is 4.74. The van der Waals surface area contributed by atoms with Gasteiger partial charge in [0.1, 0.15) is 10.6 Å². The van der Waals surface area contributed by atoms with Crippen LogP contribution < -0.4 is 9.46 Å². The Kier molecular flexibility index (Phi) is 5.59. The van der Waals surface area contributed by atoms with E-state index in [0.717, 1.165) is 37.8 Å². The maximum Gasteiger partial charge on any atom is 0.573 e. The van der Waals surface area contributed by atoms with Crippen molar-refractivity contribution in [3.05, 3.63) is 36.2 Å². The molecule has 1 fully saturated rings. The van der Waals surface area contributed by atoms with Gasteiger partial charge in [-0.1, -0.05) is 33.6 Å². The zero-order valence-electron chi connectivity index (χ0n) is 16.5. The van der Waals surface area contributed by atoms with Crippen molar-refractivity contribution in [1.82, 2.24) is 9.78 Å². The molecule has 0 unspecified atom stereocenters. The van der Waals surface area contributed by atoms with Gasteiger partial charge in [-0.25, -0.2) is 8.42 Å². The number of benzene rings is 1. The highest BCUT2D eigenvalue weighted by Crippen LogP contribution is 2.34. The number of halogens is 3. The van der Waals surface area contributed by atoms with Crippen molar-refractivity contribution in [2.75, 3.05) is 4.72 Å². The summed E-state index contributed by atoms with van der Waals surface area (Å²) in [5.74, 6) is -0.426. The molecule has 0 bridgehead atoms. The van der Waals surface area contributed by atoms with Crippen LogP contribution in [0.3, 0.4) is 0 Å².